The number of carbonyl (C=O) groups excluding carboxylic acids is 1. The van der Waals surface area contributed by atoms with Crippen molar-refractivity contribution in [2.24, 2.45) is 0 Å². The fraction of sp³-hybridized carbons (Fsp3) is 0.524. The predicted octanol–water partition coefficient (Wildman–Crippen LogP) is 4.43. The average Bonchev–Trinajstić information content (AvgIpc) is 3.02. The Bertz CT molecular complexity index is 740. The van der Waals surface area contributed by atoms with Gasteiger partial charge in [-0.25, -0.2) is 0 Å². The van der Waals surface area contributed by atoms with Gasteiger partial charge in [-0.3, -0.25) is 9.48 Å². The van der Waals surface area contributed by atoms with Crippen molar-refractivity contribution in [3.05, 3.63) is 47.3 Å². The van der Waals surface area contributed by atoms with Crippen LogP contribution < -0.4 is 4.74 Å². The molecule has 1 aromatic carbocycles. The number of amides is 1. The lowest BCUT2D eigenvalue weighted by atomic mass is 10.1. The summed E-state index contributed by atoms with van der Waals surface area (Å²) in [4.78, 5) is 14.6. The largest absolute Gasteiger partial charge is 0.494 e. The van der Waals surface area contributed by atoms with Gasteiger partial charge in [0.05, 0.1) is 12.1 Å². The van der Waals surface area contributed by atoms with Crippen molar-refractivity contribution in [3.63, 3.8) is 0 Å². The van der Waals surface area contributed by atoms with Crippen LogP contribution in [0, 0.1) is 0 Å². The second-order valence-electron chi connectivity index (χ2n) is 7.93. The highest BCUT2D eigenvalue weighted by molar-refractivity contribution is 5.92. The molecule has 0 spiro atoms. The van der Waals surface area contributed by atoms with Crippen LogP contribution in [0.1, 0.15) is 69.2 Å². The molecule has 0 N–H and O–H groups in total. The average molecular weight is 357 g/mol. The van der Waals surface area contributed by atoms with Crippen LogP contribution in [0.15, 0.2) is 30.3 Å². The Balaban J connectivity index is 2.17. The molecule has 1 aromatic heterocycles. The monoisotopic (exact) mass is 357 g/mol. The SMILES string of the molecule is CCOc1ccc(CN(C)C(=O)c2cc(C(C)C)n(C(C)(C)C)n2)cc1. The maximum absolute atomic E-state index is 12.9. The number of hydrogen-bond acceptors (Lipinski definition) is 3. The summed E-state index contributed by atoms with van der Waals surface area (Å²) >= 11 is 0. The standard InChI is InChI=1S/C21H31N3O2/c1-8-26-17-11-9-16(10-12-17)14-23(7)20(25)18-13-19(15(2)3)24(22-18)21(4,5)6/h9-13,15H,8,14H2,1-7H3. The zero-order chi connectivity index (χ0) is 19.5. The normalized spacial score (nSPS) is 11.7. The summed E-state index contributed by atoms with van der Waals surface area (Å²) in [7, 11) is 1.81. The first kappa shape index (κ1) is 20.0. The minimum absolute atomic E-state index is 0.0659. The Hall–Kier alpha value is -2.30. The molecule has 142 valence electrons. The first-order chi connectivity index (χ1) is 12.1. The van der Waals surface area contributed by atoms with Gasteiger partial charge in [-0.1, -0.05) is 26.0 Å². The molecule has 0 unspecified atom stereocenters. The lowest BCUT2D eigenvalue weighted by Gasteiger charge is -2.23. The number of ether oxygens (including phenoxy) is 1. The minimum atomic E-state index is -0.161. The summed E-state index contributed by atoms with van der Waals surface area (Å²) in [5, 5.41) is 4.61. The van der Waals surface area contributed by atoms with Gasteiger partial charge < -0.3 is 9.64 Å². The fourth-order valence-electron chi connectivity index (χ4n) is 2.85. The van der Waals surface area contributed by atoms with E-state index in [-0.39, 0.29) is 11.4 Å². The highest BCUT2D eigenvalue weighted by Gasteiger charge is 2.25. The van der Waals surface area contributed by atoms with E-state index in [0.717, 1.165) is 17.0 Å². The van der Waals surface area contributed by atoms with Crippen molar-refractivity contribution in [3.8, 4) is 5.75 Å². The van der Waals surface area contributed by atoms with Gasteiger partial charge in [0.1, 0.15) is 5.75 Å². The topological polar surface area (TPSA) is 47.4 Å². The van der Waals surface area contributed by atoms with Crippen molar-refractivity contribution in [1.29, 1.82) is 0 Å². The molecule has 1 heterocycles. The maximum Gasteiger partial charge on any atom is 0.274 e. The summed E-state index contributed by atoms with van der Waals surface area (Å²) in [6.45, 7) is 13.7. The summed E-state index contributed by atoms with van der Waals surface area (Å²) < 4.78 is 7.43. The molecule has 0 aliphatic rings. The van der Waals surface area contributed by atoms with E-state index in [0.29, 0.717) is 24.8 Å². The predicted molar refractivity (Wildman–Crippen MR) is 105 cm³/mol. The molecule has 2 rings (SSSR count). The van der Waals surface area contributed by atoms with Crippen molar-refractivity contribution >= 4 is 5.91 Å². The number of carbonyl (C=O) groups is 1. The Morgan fingerprint density at radius 2 is 1.85 bits per heavy atom. The quantitative estimate of drug-likeness (QED) is 0.768. The first-order valence-electron chi connectivity index (χ1n) is 9.21. The van der Waals surface area contributed by atoms with Gasteiger partial charge in [0.25, 0.3) is 5.91 Å². The van der Waals surface area contributed by atoms with Gasteiger partial charge >= 0.3 is 0 Å². The van der Waals surface area contributed by atoms with Crippen LogP contribution in [0.25, 0.3) is 0 Å². The molecule has 2 aromatic rings. The molecule has 0 radical (unpaired) electrons. The Morgan fingerprint density at radius 3 is 2.31 bits per heavy atom. The van der Waals surface area contributed by atoms with Crippen LogP contribution in [0.2, 0.25) is 0 Å². The Labute approximate surface area is 157 Å². The Kier molecular flexibility index (Phi) is 6.11. The number of benzene rings is 1. The maximum atomic E-state index is 12.9. The molecule has 0 saturated carbocycles. The summed E-state index contributed by atoms with van der Waals surface area (Å²) in [5.74, 6) is 1.08. The van der Waals surface area contributed by atoms with Crippen molar-refractivity contribution in [1.82, 2.24) is 14.7 Å². The molecule has 5 heteroatoms. The van der Waals surface area contributed by atoms with Gasteiger partial charge in [0.15, 0.2) is 5.69 Å². The zero-order valence-corrected chi connectivity index (χ0v) is 17.0. The highest BCUT2D eigenvalue weighted by atomic mass is 16.5. The fourth-order valence-corrected chi connectivity index (χ4v) is 2.85. The molecule has 0 atom stereocenters. The summed E-state index contributed by atoms with van der Waals surface area (Å²) in [6.07, 6.45) is 0. The van der Waals surface area contributed by atoms with Crippen LogP contribution in [-0.4, -0.2) is 34.2 Å². The number of hydrogen-bond donors (Lipinski definition) is 0. The third-order valence-electron chi connectivity index (χ3n) is 4.18. The summed E-state index contributed by atoms with van der Waals surface area (Å²) in [6, 6.07) is 9.77. The molecule has 26 heavy (non-hydrogen) atoms. The smallest absolute Gasteiger partial charge is 0.274 e. The van der Waals surface area contributed by atoms with Gasteiger partial charge in [-0.05, 0) is 57.4 Å². The van der Waals surface area contributed by atoms with E-state index >= 15 is 0 Å². The van der Waals surface area contributed by atoms with Crippen LogP contribution in [0.3, 0.4) is 0 Å². The second kappa shape index (κ2) is 7.94. The molecule has 0 saturated heterocycles. The zero-order valence-electron chi connectivity index (χ0n) is 17.0. The van der Waals surface area contributed by atoms with E-state index in [1.54, 1.807) is 4.90 Å². The molecular weight excluding hydrogens is 326 g/mol. The number of rotatable bonds is 6. The van der Waals surface area contributed by atoms with E-state index in [9.17, 15) is 4.79 Å². The van der Waals surface area contributed by atoms with Crippen molar-refractivity contribution < 1.29 is 9.53 Å². The molecule has 1 amide bonds. The lowest BCUT2D eigenvalue weighted by Crippen LogP contribution is -2.28. The van der Waals surface area contributed by atoms with Crippen LogP contribution in [0.4, 0.5) is 0 Å². The van der Waals surface area contributed by atoms with E-state index in [1.807, 2.05) is 49.0 Å². The third-order valence-corrected chi connectivity index (χ3v) is 4.18. The van der Waals surface area contributed by atoms with Crippen molar-refractivity contribution in [2.45, 2.75) is 59.5 Å². The van der Waals surface area contributed by atoms with Gasteiger partial charge in [0.2, 0.25) is 0 Å². The first-order valence-corrected chi connectivity index (χ1v) is 9.21. The molecule has 5 nitrogen and oxygen atoms in total. The number of aromatic nitrogens is 2. The van der Waals surface area contributed by atoms with Crippen LogP contribution >= 0.6 is 0 Å². The van der Waals surface area contributed by atoms with Crippen LogP contribution in [0.5, 0.6) is 5.75 Å². The third kappa shape index (κ3) is 4.65. The van der Waals surface area contributed by atoms with E-state index in [2.05, 4.69) is 39.7 Å². The van der Waals surface area contributed by atoms with Crippen LogP contribution in [-0.2, 0) is 12.1 Å². The molecule has 0 fully saturated rings. The molecule has 0 aliphatic heterocycles. The van der Waals surface area contributed by atoms with Gasteiger partial charge in [0, 0.05) is 19.3 Å². The minimum Gasteiger partial charge on any atom is -0.494 e. The second-order valence-corrected chi connectivity index (χ2v) is 7.93. The molecular formula is C21H31N3O2. The van der Waals surface area contributed by atoms with Crippen molar-refractivity contribution in [2.75, 3.05) is 13.7 Å². The van der Waals surface area contributed by atoms with E-state index in [1.165, 1.54) is 0 Å². The van der Waals surface area contributed by atoms with E-state index < -0.39 is 0 Å². The Morgan fingerprint density at radius 1 is 1.23 bits per heavy atom. The summed E-state index contributed by atoms with van der Waals surface area (Å²) in [5.41, 5.74) is 2.47. The number of nitrogens with zero attached hydrogens (tertiary/aromatic N) is 3. The molecule has 0 bridgehead atoms. The van der Waals surface area contributed by atoms with Gasteiger partial charge in [-0.15, -0.1) is 0 Å². The van der Waals surface area contributed by atoms with Gasteiger partial charge in [-0.2, -0.15) is 5.10 Å². The molecule has 0 aliphatic carbocycles. The highest BCUT2D eigenvalue weighted by Crippen LogP contribution is 2.24. The lowest BCUT2D eigenvalue weighted by molar-refractivity contribution is 0.0777. The van der Waals surface area contributed by atoms with E-state index in [4.69, 9.17) is 4.74 Å².